The van der Waals surface area contributed by atoms with E-state index in [-0.39, 0.29) is 17.9 Å². The Morgan fingerprint density at radius 1 is 0.949 bits per heavy atom. The van der Waals surface area contributed by atoms with Crippen molar-refractivity contribution < 1.29 is 9.59 Å². The van der Waals surface area contributed by atoms with E-state index in [1.807, 2.05) is 40.6 Å². The number of nitrogens with one attached hydrogen (secondary N) is 1. The van der Waals surface area contributed by atoms with Crippen LogP contribution in [0.2, 0.25) is 0 Å². The Morgan fingerprint density at radius 2 is 1.67 bits per heavy atom. The van der Waals surface area contributed by atoms with Crippen molar-refractivity contribution in [1.29, 1.82) is 0 Å². The fourth-order valence-electron chi connectivity index (χ4n) is 5.88. The number of carbonyl (C=O) groups is 2. The number of nitrogens with zero attached hydrogens (tertiary/aromatic N) is 3. The molecule has 1 aromatic heterocycles. The molecule has 2 atom stereocenters. The number of thiophene rings is 1. The third kappa shape index (κ3) is 6.60. The van der Waals surface area contributed by atoms with Gasteiger partial charge in [0.1, 0.15) is 0 Å². The molecule has 1 saturated heterocycles. The molecule has 6 nitrogen and oxygen atoms in total. The molecule has 5 rings (SSSR count). The second-order valence-electron chi connectivity index (χ2n) is 11.1. The van der Waals surface area contributed by atoms with Crippen LogP contribution in [0.3, 0.4) is 0 Å². The van der Waals surface area contributed by atoms with E-state index in [0.717, 1.165) is 56.1 Å². The van der Waals surface area contributed by atoms with E-state index >= 15 is 0 Å². The van der Waals surface area contributed by atoms with E-state index in [1.54, 1.807) is 11.3 Å². The maximum Gasteiger partial charge on any atom is 0.254 e. The molecule has 1 fully saturated rings. The zero-order valence-electron chi connectivity index (χ0n) is 23.1. The average Bonchev–Trinajstić information content (AvgIpc) is 3.48. The van der Waals surface area contributed by atoms with Gasteiger partial charge in [0.25, 0.3) is 5.91 Å². The molecule has 1 N–H and O–H groups in total. The lowest BCUT2D eigenvalue weighted by molar-refractivity contribution is -0.124. The van der Waals surface area contributed by atoms with Crippen molar-refractivity contribution in [2.24, 2.45) is 5.92 Å². The molecule has 0 aliphatic carbocycles. The summed E-state index contributed by atoms with van der Waals surface area (Å²) in [6.07, 6.45) is 0.914. The fourth-order valence-corrected chi connectivity index (χ4v) is 6.76. The van der Waals surface area contributed by atoms with E-state index in [9.17, 15) is 9.59 Å². The largest absolute Gasteiger partial charge is 0.355 e. The number of hydrogen-bond acceptors (Lipinski definition) is 5. The summed E-state index contributed by atoms with van der Waals surface area (Å²) in [4.78, 5) is 35.4. The number of amides is 2. The van der Waals surface area contributed by atoms with E-state index in [2.05, 4.69) is 65.4 Å². The van der Waals surface area contributed by atoms with Gasteiger partial charge in [-0.1, -0.05) is 68.4 Å². The standard InChI is InChI=1S/C32H40N4O2S/c1-24(2)22-36-30(28-14-8-21-39-28)29(26-12-6-7-13-27(26)32(36)38)31(37)33-15-9-16-34-17-19-35(20-18-34)23-25-10-4-3-5-11-25/h3-8,10-14,21,24,29-30H,9,15-20,22-23H2,1-2H3,(H,33,37)/t29-,30+/m1/s1. The van der Waals surface area contributed by atoms with Crippen LogP contribution in [-0.2, 0) is 11.3 Å². The highest BCUT2D eigenvalue weighted by atomic mass is 32.1. The monoisotopic (exact) mass is 544 g/mol. The van der Waals surface area contributed by atoms with Crippen LogP contribution < -0.4 is 5.32 Å². The van der Waals surface area contributed by atoms with Gasteiger partial charge in [0.2, 0.25) is 5.91 Å². The molecule has 0 bridgehead atoms. The topological polar surface area (TPSA) is 55.9 Å². The Labute approximate surface area is 236 Å². The molecule has 2 aliphatic rings. The minimum atomic E-state index is -0.419. The Hall–Kier alpha value is -3.00. The average molecular weight is 545 g/mol. The van der Waals surface area contributed by atoms with Crippen molar-refractivity contribution in [1.82, 2.24) is 20.0 Å². The van der Waals surface area contributed by atoms with Crippen LogP contribution in [0.15, 0.2) is 72.1 Å². The smallest absolute Gasteiger partial charge is 0.254 e. The van der Waals surface area contributed by atoms with Crippen LogP contribution in [0.25, 0.3) is 0 Å². The Morgan fingerprint density at radius 3 is 2.38 bits per heavy atom. The molecule has 3 heterocycles. The van der Waals surface area contributed by atoms with Gasteiger partial charge in [-0.2, -0.15) is 0 Å². The molecule has 0 spiro atoms. The fraction of sp³-hybridized carbons (Fsp3) is 0.438. The molecule has 7 heteroatoms. The van der Waals surface area contributed by atoms with E-state index in [4.69, 9.17) is 0 Å². The molecule has 39 heavy (non-hydrogen) atoms. The Bertz CT molecular complexity index is 1220. The van der Waals surface area contributed by atoms with Crippen LogP contribution in [0.4, 0.5) is 0 Å². The van der Waals surface area contributed by atoms with Gasteiger partial charge in [-0.05, 0) is 47.5 Å². The summed E-state index contributed by atoms with van der Waals surface area (Å²) >= 11 is 1.62. The molecule has 2 amide bonds. The number of hydrogen-bond donors (Lipinski definition) is 1. The first-order valence-corrected chi connectivity index (χ1v) is 15.1. The highest BCUT2D eigenvalue weighted by Gasteiger charge is 2.44. The Balaban J connectivity index is 1.19. The molecule has 206 valence electrons. The molecule has 2 aliphatic heterocycles. The molecule has 2 aromatic carbocycles. The highest BCUT2D eigenvalue weighted by molar-refractivity contribution is 7.10. The molecular formula is C32H40N4O2S. The van der Waals surface area contributed by atoms with Gasteiger partial charge in [-0.25, -0.2) is 0 Å². The van der Waals surface area contributed by atoms with E-state index in [0.29, 0.717) is 24.6 Å². The Kier molecular flexibility index (Phi) is 9.12. The zero-order valence-corrected chi connectivity index (χ0v) is 23.9. The van der Waals surface area contributed by atoms with Gasteiger partial charge in [0.05, 0.1) is 12.0 Å². The first-order valence-electron chi connectivity index (χ1n) is 14.2. The van der Waals surface area contributed by atoms with Crippen molar-refractivity contribution in [2.75, 3.05) is 45.8 Å². The summed E-state index contributed by atoms with van der Waals surface area (Å²) in [6, 6.07) is 22.1. The summed E-state index contributed by atoms with van der Waals surface area (Å²) in [5, 5.41) is 5.28. The predicted octanol–water partition coefficient (Wildman–Crippen LogP) is 5.01. The SMILES string of the molecule is CC(C)CN1C(=O)c2ccccc2[C@@H](C(=O)NCCCN2CCN(Cc3ccccc3)CC2)[C@@H]1c1cccs1. The van der Waals surface area contributed by atoms with Crippen molar-refractivity contribution in [3.05, 3.63) is 93.7 Å². The van der Waals surface area contributed by atoms with Gasteiger partial charge in [0.15, 0.2) is 0 Å². The van der Waals surface area contributed by atoms with Gasteiger partial charge in [-0.3, -0.25) is 14.5 Å². The molecule has 0 unspecified atom stereocenters. The van der Waals surface area contributed by atoms with Crippen molar-refractivity contribution in [3.8, 4) is 0 Å². The second-order valence-corrected chi connectivity index (χ2v) is 12.1. The van der Waals surface area contributed by atoms with Gasteiger partial charge < -0.3 is 15.1 Å². The quantitative estimate of drug-likeness (QED) is 0.365. The summed E-state index contributed by atoms with van der Waals surface area (Å²) in [5.74, 6) is -0.0840. The van der Waals surface area contributed by atoms with Crippen molar-refractivity contribution >= 4 is 23.2 Å². The molecule has 0 radical (unpaired) electrons. The normalized spacial score (nSPS) is 20.3. The summed E-state index contributed by atoms with van der Waals surface area (Å²) in [7, 11) is 0. The maximum absolute atomic E-state index is 13.8. The lowest BCUT2D eigenvalue weighted by atomic mass is 9.81. The van der Waals surface area contributed by atoms with Crippen LogP contribution in [0, 0.1) is 5.92 Å². The zero-order chi connectivity index (χ0) is 27.2. The minimum Gasteiger partial charge on any atom is -0.355 e. The van der Waals surface area contributed by atoms with Gasteiger partial charge >= 0.3 is 0 Å². The summed E-state index contributed by atoms with van der Waals surface area (Å²) < 4.78 is 0. The lowest BCUT2D eigenvalue weighted by Gasteiger charge is -2.42. The van der Waals surface area contributed by atoms with Crippen LogP contribution in [0.1, 0.15) is 58.6 Å². The van der Waals surface area contributed by atoms with Crippen LogP contribution >= 0.6 is 11.3 Å². The lowest BCUT2D eigenvalue weighted by Crippen LogP contribution is -2.49. The highest BCUT2D eigenvalue weighted by Crippen LogP contribution is 2.44. The van der Waals surface area contributed by atoms with Gasteiger partial charge in [0, 0.05) is 56.3 Å². The second kappa shape index (κ2) is 12.9. The molecular weight excluding hydrogens is 504 g/mol. The third-order valence-corrected chi connectivity index (χ3v) is 8.72. The summed E-state index contributed by atoms with van der Waals surface area (Å²) in [5.41, 5.74) is 2.86. The third-order valence-electron chi connectivity index (χ3n) is 7.78. The number of piperazine rings is 1. The van der Waals surface area contributed by atoms with Crippen molar-refractivity contribution in [2.45, 2.75) is 38.8 Å². The van der Waals surface area contributed by atoms with E-state index < -0.39 is 5.92 Å². The number of carbonyl (C=O) groups excluding carboxylic acids is 2. The number of benzene rings is 2. The minimum absolute atomic E-state index is 0.00906. The van der Waals surface area contributed by atoms with Crippen molar-refractivity contribution in [3.63, 3.8) is 0 Å². The van der Waals surface area contributed by atoms with Crippen LogP contribution in [0.5, 0.6) is 0 Å². The molecule has 3 aromatic rings. The maximum atomic E-state index is 13.8. The first-order chi connectivity index (χ1) is 19.0. The van der Waals surface area contributed by atoms with Gasteiger partial charge in [-0.15, -0.1) is 11.3 Å². The first kappa shape index (κ1) is 27.6. The predicted molar refractivity (Wildman–Crippen MR) is 158 cm³/mol. The van der Waals surface area contributed by atoms with E-state index in [1.165, 1.54) is 5.56 Å². The number of fused-ring (bicyclic) bond motifs is 1. The van der Waals surface area contributed by atoms with Crippen LogP contribution in [-0.4, -0.2) is 72.3 Å². The summed E-state index contributed by atoms with van der Waals surface area (Å²) in [6.45, 7) is 11.7. The number of rotatable bonds is 10. The molecule has 0 saturated carbocycles.